The van der Waals surface area contributed by atoms with Crippen LogP contribution in [0.1, 0.15) is 12.0 Å². The minimum atomic E-state index is -2.77. The Balaban J connectivity index is 2.01. The van der Waals surface area contributed by atoms with Gasteiger partial charge in [-0.1, -0.05) is 0 Å². The van der Waals surface area contributed by atoms with Gasteiger partial charge >= 0.3 is 0 Å². The second-order valence-corrected chi connectivity index (χ2v) is 7.40. The molecule has 1 saturated heterocycles. The standard InChI is InChI=1S/C11H17NO2S2/c1-12-11(6-9-2-4-15-7-9)10-3-5-16(13,14)8-10/h2,4,7,10-12H,3,5-6,8H2,1H3. The summed E-state index contributed by atoms with van der Waals surface area (Å²) in [5.74, 6) is 0.983. The van der Waals surface area contributed by atoms with Crippen molar-refractivity contribution in [3.63, 3.8) is 0 Å². The number of likely N-dealkylation sites (N-methyl/N-ethyl adjacent to an activating group) is 1. The summed E-state index contributed by atoms with van der Waals surface area (Å²) in [5, 5.41) is 7.46. The van der Waals surface area contributed by atoms with E-state index in [1.807, 2.05) is 7.05 Å². The second-order valence-electron chi connectivity index (χ2n) is 4.39. The molecule has 5 heteroatoms. The van der Waals surface area contributed by atoms with Gasteiger partial charge in [-0.05, 0) is 48.2 Å². The van der Waals surface area contributed by atoms with Crippen LogP contribution in [0.15, 0.2) is 16.8 Å². The molecule has 3 nitrogen and oxygen atoms in total. The van der Waals surface area contributed by atoms with E-state index >= 15 is 0 Å². The third-order valence-electron chi connectivity index (χ3n) is 3.24. The van der Waals surface area contributed by atoms with Crippen molar-refractivity contribution in [1.82, 2.24) is 5.32 Å². The van der Waals surface area contributed by atoms with Crippen LogP contribution in [0, 0.1) is 5.92 Å². The normalized spacial score (nSPS) is 25.7. The van der Waals surface area contributed by atoms with Crippen LogP contribution in [0.5, 0.6) is 0 Å². The summed E-state index contributed by atoms with van der Waals surface area (Å²) < 4.78 is 22.9. The molecule has 1 aliphatic rings. The van der Waals surface area contributed by atoms with Gasteiger partial charge in [0, 0.05) is 6.04 Å². The Hall–Kier alpha value is -0.390. The van der Waals surface area contributed by atoms with Gasteiger partial charge in [-0.15, -0.1) is 0 Å². The van der Waals surface area contributed by atoms with Gasteiger partial charge in [-0.2, -0.15) is 11.3 Å². The van der Waals surface area contributed by atoms with Crippen LogP contribution in [-0.2, 0) is 16.3 Å². The summed E-state index contributed by atoms with van der Waals surface area (Å²) in [6.07, 6.45) is 1.73. The highest BCUT2D eigenvalue weighted by Crippen LogP contribution is 2.24. The van der Waals surface area contributed by atoms with Crippen LogP contribution in [0.4, 0.5) is 0 Å². The molecule has 0 aromatic carbocycles. The minimum absolute atomic E-state index is 0.273. The SMILES string of the molecule is CNC(Cc1ccsc1)C1CCS(=O)(=O)C1. The Morgan fingerprint density at radius 1 is 1.62 bits per heavy atom. The molecule has 0 bridgehead atoms. The lowest BCUT2D eigenvalue weighted by atomic mass is 9.94. The van der Waals surface area contributed by atoms with Gasteiger partial charge in [-0.3, -0.25) is 0 Å². The number of hydrogen-bond acceptors (Lipinski definition) is 4. The number of thiophene rings is 1. The summed E-state index contributed by atoms with van der Waals surface area (Å²) in [7, 11) is -0.848. The van der Waals surface area contributed by atoms with Crippen LogP contribution in [0.3, 0.4) is 0 Å². The van der Waals surface area contributed by atoms with Crippen LogP contribution in [0.2, 0.25) is 0 Å². The molecule has 1 aromatic rings. The summed E-state index contributed by atoms with van der Waals surface area (Å²) >= 11 is 1.69. The van der Waals surface area contributed by atoms with Crippen molar-refractivity contribution >= 4 is 21.2 Å². The molecule has 2 heterocycles. The molecule has 2 atom stereocenters. The van der Waals surface area contributed by atoms with E-state index in [4.69, 9.17) is 0 Å². The molecule has 0 aliphatic carbocycles. The van der Waals surface area contributed by atoms with Crippen molar-refractivity contribution in [2.45, 2.75) is 18.9 Å². The highest BCUT2D eigenvalue weighted by molar-refractivity contribution is 7.91. The summed E-state index contributed by atoms with van der Waals surface area (Å²) in [6, 6.07) is 2.39. The van der Waals surface area contributed by atoms with E-state index in [0.29, 0.717) is 11.5 Å². The highest BCUT2D eigenvalue weighted by atomic mass is 32.2. The van der Waals surface area contributed by atoms with Crippen LogP contribution >= 0.6 is 11.3 Å². The van der Waals surface area contributed by atoms with Crippen molar-refractivity contribution in [2.24, 2.45) is 5.92 Å². The van der Waals surface area contributed by atoms with Crippen LogP contribution in [-0.4, -0.2) is 33.0 Å². The predicted molar refractivity (Wildman–Crippen MR) is 67.6 cm³/mol. The lowest BCUT2D eigenvalue weighted by molar-refractivity contribution is 0.403. The number of sulfone groups is 1. The second kappa shape index (κ2) is 4.85. The third-order valence-corrected chi connectivity index (χ3v) is 5.77. The number of hydrogen-bond donors (Lipinski definition) is 1. The van der Waals surface area contributed by atoms with Crippen LogP contribution in [0.25, 0.3) is 0 Å². The maximum absolute atomic E-state index is 11.4. The molecular formula is C11H17NO2S2. The maximum atomic E-state index is 11.4. The largest absolute Gasteiger partial charge is 0.316 e. The van der Waals surface area contributed by atoms with E-state index in [0.717, 1.165) is 12.8 Å². The van der Waals surface area contributed by atoms with Crippen molar-refractivity contribution in [3.05, 3.63) is 22.4 Å². The quantitative estimate of drug-likeness (QED) is 0.887. The Kier molecular flexibility index (Phi) is 3.66. The maximum Gasteiger partial charge on any atom is 0.150 e. The van der Waals surface area contributed by atoms with E-state index in [2.05, 4.69) is 22.1 Å². The number of nitrogens with one attached hydrogen (secondary N) is 1. The Morgan fingerprint density at radius 3 is 2.94 bits per heavy atom. The topological polar surface area (TPSA) is 46.2 Å². The van der Waals surface area contributed by atoms with Gasteiger partial charge in [0.25, 0.3) is 0 Å². The van der Waals surface area contributed by atoms with Gasteiger partial charge in [0.2, 0.25) is 0 Å². The molecule has 0 saturated carbocycles. The lowest BCUT2D eigenvalue weighted by Gasteiger charge is -2.21. The fourth-order valence-electron chi connectivity index (χ4n) is 2.31. The smallest absolute Gasteiger partial charge is 0.150 e. The molecule has 16 heavy (non-hydrogen) atoms. The first-order valence-corrected chi connectivity index (χ1v) is 8.26. The van der Waals surface area contributed by atoms with Crippen LogP contribution < -0.4 is 5.32 Å². The monoisotopic (exact) mass is 259 g/mol. The molecule has 2 unspecified atom stereocenters. The molecule has 2 rings (SSSR count). The fraction of sp³-hybridized carbons (Fsp3) is 0.636. The molecule has 1 N–H and O–H groups in total. The van der Waals surface area contributed by atoms with Crippen molar-refractivity contribution in [1.29, 1.82) is 0 Å². The van der Waals surface area contributed by atoms with E-state index in [-0.39, 0.29) is 12.0 Å². The summed E-state index contributed by atoms with van der Waals surface area (Å²) in [4.78, 5) is 0. The zero-order valence-electron chi connectivity index (χ0n) is 9.35. The van der Waals surface area contributed by atoms with E-state index in [1.165, 1.54) is 5.56 Å². The molecule has 1 aromatic heterocycles. The van der Waals surface area contributed by atoms with E-state index < -0.39 is 9.84 Å². The first-order valence-electron chi connectivity index (χ1n) is 5.49. The van der Waals surface area contributed by atoms with Gasteiger partial charge in [-0.25, -0.2) is 8.42 Å². The minimum Gasteiger partial charge on any atom is -0.316 e. The average Bonchev–Trinajstić information content (AvgIpc) is 2.83. The summed E-state index contributed by atoms with van der Waals surface area (Å²) in [6.45, 7) is 0. The zero-order chi connectivity index (χ0) is 11.6. The van der Waals surface area contributed by atoms with Gasteiger partial charge in [0.1, 0.15) is 0 Å². The lowest BCUT2D eigenvalue weighted by Crippen LogP contribution is -2.36. The molecule has 0 amide bonds. The molecule has 90 valence electrons. The molecule has 0 radical (unpaired) electrons. The Bertz CT molecular complexity index is 425. The van der Waals surface area contributed by atoms with E-state index in [9.17, 15) is 8.42 Å². The van der Waals surface area contributed by atoms with Crippen molar-refractivity contribution < 1.29 is 8.42 Å². The average molecular weight is 259 g/mol. The first kappa shape index (κ1) is 12.1. The molecule has 1 fully saturated rings. The van der Waals surface area contributed by atoms with Crippen molar-refractivity contribution in [3.8, 4) is 0 Å². The molecular weight excluding hydrogens is 242 g/mol. The van der Waals surface area contributed by atoms with Gasteiger partial charge in [0.15, 0.2) is 9.84 Å². The van der Waals surface area contributed by atoms with Gasteiger partial charge < -0.3 is 5.32 Å². The summed E-state index contributed by atoms with van der Waals surface area (Å²) in [5.41, 5.74) is 1.30. The number of rotatable bonds is 4. The predicted octanol–water partition coefficient (Wildman–Crippen LogP) is 1.31. The molecule has 0 spiro atoms. The Morgan fingerprint density at radius 2 is 2.44 bits per heavy atom. The first-order chi connectivity index (χ1) is 7.61. The van der Waals surface area contributed by atoms with Gasteiger partial charge in [0.05, 0.1) is 11.5 Å². The zero-order valence-corrected chi connectivity index (χ0v) is 11.0. The molecule has 1 aliphatic heterocycles. The van der Waals surface area contributed by atoms with Crippen molar-refractivity contribution in [2.75, 3.05) is 18.6 Å². The third kappa shape index (κ3) is 2.84. The Labute approximate surface area is 101 Å². The fourth-order valence-corrected chi connectivity index (χ4v) is 4.87. The van der Waals surface area contributed by atoms with E-state index in [1.54, 1.807) is 11.3 Å². The highest BCUT2D eigenvalue weighted by Gasteiger charge is 2.32.